The molecule has 4 nitrogen and oxygen atoms in total. The highest BCUT2D eigenvalue weighted by molar-refractivity contribution is 5.88. The number of carbonyl (C=O) groups is 1. The lowest BCUT2D eigenvalue weighted by atomic mass is 9.69. The molecule has 0 saturated carbocycles. The first-order chi connectivity index (χ1) is 9.01. The molecule has 1 aromatic rings. The molecule has 0 heterocycles. The van der Waals surface area contributed by atoms with Crippen LogP contribution in [0.4, 0.5) is 4.79 Å². The molecule has 0 radical (unpaired) electrons. The quantitative estimate of drug-likeness (QED) is 0.851. The maximum Gasteiger partial charge on any atom is 0.316 e. The number of fused-ring (bicyclic) bond motifs is 1. The molecule has 2 amide bonds. The molecule has 0 aromatic heterocycles. The number of nitrogens with zero attached hydrogens (tertiary/aromatic N) is 1. The van der Waals surface area contributed by atoms with Gasteiger partial charge in [0.1, 0.15) is 0 Å². The first-order valence-electron chi connectivity index (χ1n) is 6.31. The number of amides is 2. The number of allylic oxidation sites excluding steroid dienone is 1. The van der Waals surface area contributed by atoms with E-state index < -0.39 is 6.03 Å². The summed E-state index contributed by atoms with van der Waals surface area (Å²) < 4.78 is 0. The van der Waals surface area contributed by atoms with E-state index in [0.717, 1.165) is 24.0 Å². The molecule has 2 rings (SSSR count). The van der Waals surface area contributed by atoms with Crippen molar-refractivity contribution in [3.8, 4) is 6.07 Å². The fourth-order valence-corrected chi connectivity index (χ4v) is 2.61. The number of benzene rings is 1. The van der Waals surface area contributed by atoms with Gasteiger partial charge in [0.05, 0.1) is 17.3 Å². The van der Waals surface area contributed by atoms with Crippen molar-refractivity contribution >= 4 is 11.7 Å². The average molecular weight is 255 g/mol. The van der Waals surface area contributed by atoms with E-state index in [9.17, 15) is 10.1 Å². The molecule has 0 aliphatic heterocycles. The van der Waals surface area contributed by atoms with Crippen molar-refractivity contribution in [2.24, 2.45) is 11.1 Å². The molecule has 1 unspecified atom stereocenters. The third-order valence-electron chi connectivity index (χ3n) is 3.86. The van der Waals surface area contributed by atoms with Crippen molar-refractivity contribution in [3.63, 3.8) is 0 Å². The molecule has 1 aliphatic rings. The van der Waals surface area contributed by atoms with Crippen LogP contribution in [0.1, 0.15) is 31.4 Å². The van der Waals surface area contributed by atoms with Crippen LogP contribution in [0.15, 0.2) is 29.8 Å². The van der Waals surface area contributed by atoms with E-state index in [0.29, 0.717) is 11.3 Å². The highest BCUT2D eigenvalue weighted by atomic mass is 16.2. The molecule has 1 aromatic carbocycles. The van der Waals surface area contributed by atoms with Gasteiger partial charge < -0.3 is 11.1 Å². The van der Waals surface area contributed by atoms with Crippen LogP contribution in [0.5, 0.6) is 0 Å². The molecular weight excluding hydrogens is 238 g/mol. The first kappa shape index (κ1) is 13.2. The second kappa shape index (κ2) is 4.77. The van der Waals surface area contributed by atoms with Crippen LogP contribution < -0.4 is 11.1 Å². The van der Waals surface area contributed by atoms with Gasteiger partial charge in [0.2, 0.25) is 0 Å². The number of rotatable bonds is 2. The van der Waals surface area contributed by atoms with Gasteiger partial charge in [-0.3, -0.25) is 0 Å². The topological polar surface area (TPSA) is 78.9 Å². The lowest BCUT2D eigenvalue weighted by Crippen LogP contribution is -2.35. The van der Waals surface area contributed by atoms with E-state index >= 15 is 0 Å². The largest absolute Gasteiger partial charge is 0.351 e. The molecule has 1 aliphatic carbocycles. The monoisotopic (exact) mass is 255 g/mol. The second-order valence-corrected chi connectivity index (χ2v) is 5.10. The molecule has 3 N–H and O–H groups in total. The number of nitrogens with two attached hydrogens (primary N) is 1. The van der Waals surface area contributed by atoms with Crippen LogP contribution >= 0.6 is 0 Å². The van der Waals surface area contributed by atoms with Gasteiger partial charge in [0.15, 0.2) is 0 Å². The smallest absolute Gasteiger partial charge is 0.316 e. The molecule has 98 valence electrons. The number of nitrogens with one attached hydrogen (secondary N) is 1. The van der Waals surface area contributed by atoms with Crippen molar-refractivity contribution in [1.29, 1.82) is 5.26 Å². The molecule has 1 atom stereocenters. The maximum absolute atomic E-state index is 11.2. The van der Waals surface area contributed by atoms with E-state index in [2.05, 4.69) is 11.4 Å². The van der Waals surface area contributed by atoms with E-state index in [1.165, 1.54) is 0 Å². The molecular formula is C15H17N3O. The Kier molecular flexibility index (Phi) is 3.30. The zero-order chi connectivity index (χ0) is 14.0. The van der Waals surface area contributed by atoms with E-state index in [-0.39, 0.29) is 5.41 Å². The van der Waals surface area contributed by atoms with Crippen molar-refractivity contribution in [2.45, 2.75) is 26.7 Å². The highest BCUT2D eigenvalue weighted by Crippen LogP contribution is 2.43. The van der Waals surface area contributed by atoms with E-state index in [1.54, 1.807) is 0 Å². The summed E-state index contributed by atoms with van der Waals surface area (Å²) in [4.78, 5) is 11.2. The van der Waals surface area contributed by atoms with Gasteiger partial charge in [0, 0.05) is 11.0 Å². The van der Waals surface area contributed by atoms with E-state index in [4.69, 9.17) is 5.73 Å². The molecule has 4 heteroatoms. The number of hydrogen-bond acceptors (Lipinski definition) is 2. The zero-order valence-electron chi connectivity index (χ0n) is 11.2. The Morgan fingerprint density at radius 1 is 1.53 bits per heavy atom. The Balaban J connectivity index is 2.69. The Morgan fingerprint density at radius 3 is 2.79 bits per heavy atom. The summed E-state index contributed by atoms with van der Waals surface area (Å²) in [6, 6.07) is 9.41. The predicted molar refractivity (Wildman–Crippen MR) is 73.8 cm³/mol. The molecule has 19 heavy (non-hydrogen) atoms. The highest BCUT2D eigenvalue weighted by Gasteiger charge is 2.36. The Hall–Kier alpha value is -2.28. The fraction of sp³-hybridized carbons (Fsp3) is 0.333. The summed E-state index contributed by atoms with van der Waals surface area (Å²) in [7, 11) is 0. The number of carbonyl (C=O) groups excluding carboxylic acids is 1. The summed E-state index contributed by atoms with van der Waals surface area (Å²) in [5, 5.41) is 12.1. The van der Waals surface area contributed by atoms with Gasteiger partial charge in [-0.2, -0.15) is 5.26 Å². The minimum Gasteiger partial charge on any atom is -0.351 e. The molecule has 0 saturated heterocycles. The summed E-state index contributed by atoms with van der Waals surface area (Å²) in [6.07, 6.45) is 1.63. The molecule has 0 bridgehead atoms. The van der Waals surface area contributed by atoms with Gasteiger partial charge >= 0.3 is 6.03 Å². The maximum atomic E-state index is 11.2. The van der Waals surface area contributed by atoms with Crippen molar-refractivity contribution in [1.82, 2.24) is 5.32 Å². The number of hydrogen-bond donors (Lipinski definition) is 2. The predicted octanol–water partition coefficient (Wildman–Crippen LogP) is 2.56. The van der Waals surface area contributed by atoms with Crippen LogP contribution in [-0.4, -0.2) is 6.03 Å². The standard InChI is InChI=1S/C15H17N3O/c1-3-15(2)8-10-6-4-5-7-11(10)13(12(15)9-16)18-14(17)19/h4-7H,3,8H2,1-2H3,(H3,17,18,19). The molecule has 0 fully saturated rings. The third-order valence-corrected chi connectivity index (χ3v) is 3.86. The lowest BCUT2D eigenvalue weighted by Gasteiger charge is -2.35. The minimum atomic E-state index is -0.641. The van der Waals surface area contributed by atoms with Crippen LogP contribution in [0.25, 0.3) is 5.70 Å². The van der Waals surface area contributed by atoms with Crippen LogP contribution in [0.3, 0.4) is 0 Å². The minimum absolute atomic E-state index is 0.263. The molecule has 0 spiro atoms. The number of urea groups is 1. The van der Waals surface area contributed by atoms with E-state index in [1.807, 2.05) is 38.1 Å². The summed E-state index contributed by atoms with van der Waals surface area (Å²) in [6.45, 7) is 4.09. The average Bonchev–Trinajstić information content (AvgIpc) is 2.38. The summed E-state index contributed by atoms with van der Waals surface area (Å²) in [5.41, 5.74) is 8.16. The Labute approximate surface area is 112 Å². The van der Waals surface area contributed by atoms with Gasteiger partial charge in [0.25, 0.3) is 0 Å². The van der Waals surface area contributed by atoms with Gasteiger partial charge in [-0.15, -0.1) is 0 Å². The van der Waals surface area contributed by atoms with Gasteiger partial charge in [-0.05, 0) is 18.4 Å². The van der Waals surface area contributed by atoms with Crippen LogP contribution in [0.2, 0.25) is 0 Å². The first-order valence-corrected chi connectivity index (χ1v) is 6.31. The zero-order valence-corrected chi connectivity index (χ0v) is 11.2. The second-order valence-electron chi connectivity index (χ2n) is 5.10. The number of nitriles is 1. The fourth-order valence-electron chi connectivity index (χ4n) is 2.61. The summed E-state index contributed by atoms with van der Waals surface area (Å²) >= 11 is 0. The van der Waals surface area contributed by atoms with Crippen molar-refractivity contribution in [3.05, 3.63) is 41.0 Å². The van der Waals surface area contributed by atoms with Crippen molar-refractivity contribution < 1.29 is 4.79 Å². The number of primary amides is 1. The third kappa shape index (κ3) is 2.19. The summed E-state index contributed by atoms with van der Waals surface area (Å²) in [5.74, 6) is 0. The van der Waals surface area contributed by atoms with Crippen LogP contribution in [0, 0.1) is 16.7 Å². The van der Waals surface area contributed by atoms with Crippen LogP contribution in [-0.2, 0) is 6.42 Å². The van der Waals surface area contributed by atoms with Crippen molar-refractivity contribution in [2.75, 3.05) is 0 Å². The SMILES string of the molecule is CCC1(C)Cc2ccccc2C(NC(N)=O)=C1C#N. The lowest BCUT2D eigenvalue weighted by molar-refractivity contribution is 0.252. The van der Waals surface area contributed by atoms with Gasteiger partial charge in [-0.1, -0.05) is 38.1 Å². The Morgan fingerprint density at radius 2 is 2.21 bits per heavy atom. The van der Waals surface area contributed by atoms with Gasteiger partial charge in [-0.25, -0.2) is 4.79 Å². The Bertz CT molecular complexity index is 598. The normalized spacial score (nSPS) is 21.5.